The second kappa shape index (κ2) is 9.75. The lowest BCUT2D eigenvalue weighted by Crippen LogP contribution is -2.32. The molecule has 1 nitrogen and oxygen atoms in total. The number of thioether (sulfide) groups is 2. The van der Waals surface area contributed by atoms with Gasteiger partial charge < -0.3 is 5.32 Å². The number of hydrogen-bond acceptors (Lipinski definition) is 3. The van der Waals surface area contributed by atoms with E-state index in [-0.39, 0.29) is 0 Å². The topological polar surface area (TPSA) is 12.0 Å². The number of hydrogen-bond donors (Lipinski definition) is 1. The molecule has 2 rings (SSSR count). The average molecular weight is 310 g/mol. The van der Waals surface area contributed by atoms with Gasteiger partial charge in [0.1, 0.15) is 0 Å². The summed E-state index contributed by atoms with van der Waals surface area (Å²) in [5, 5.41) is 4.63. The van der Waals surface area contributed by atoms with Crippen molar-refractivity contribution in [1.82, 2.24) is 5.32 Å². The molecule has 3 heteroatoms. The lowest BCUT2D eigenvalue weighted by atomic mass is 10.0. The molecule has 0 aromatic heterocycles. The minimum absolute atomic E-state index is 0.537. The molecule has 0 aliphatic carbocycles. The standard InChI is InChI=1S/C17H27NS2/c1-2-3-5-10-17(15-8-6-4-7-9-15)18-13-16-14-19-11-12-20-16/h4,6-9,16-18H,2-3,5,10-14H2,1H3. The van der Waals surface area contributed by atoms with Crippen LogP contribution in [-0.2, 0) is 0 Å². The van der Waals surface area contributed by atoms with Gasteiger partial charge in [0.2, 0.25) is 0 Å². The zero-order valence-electron chi connectivity index (χ0n) is 12.5. The Hall–Kier alpha value is -0.120. The van der Waals surface area contributed by atoms with Gasteiger partial charge in [-0.3, -0.25) is 0 Å². The predicted octanol–water partition coefficient (Wildman–Crippen LogP) is 4.75. The Morgan fingerprint density at radius 3 is 2.75 bits per heavy atom. The molecule has 0 radical (unpaired) electrons. The first-order valence-corrected chi connectivity index (χ1v) is 10.1. The monoisotopic (exact) mass is 309 g/mol. The molecule has 2 unspecified atom stereocenters. The van der Waals surface area contributed by atoms with E-state index in [4.69, 9.17) is 0 Å². The quantitative estimate of drug-likeness (QED) is 0.696. The summed E-state index contributed by atoms with van der Waals surface area (Å²) in [6, 6.07) is 11.5. The molecule has 1 heterocycles. The van der Waals surface area contributed by atoms with Crippen LogP contribution in [0.4, 0.5) is 0 Å². The van der Waals surface area contributed by atoms with E-state index in [0.717, 1.165) is 11.8 Å². The highest BCUT2D eigenvalue weighted by molar-refractivity contribution is 8.06. The van der Waals surface area contributed by atoms with Crippen LogP contribution in [0.2, 0.25) is 0 Å². The molecule has 112 valence electrons. The molecule has 1 aliphatic rings. The van der Waals surface area contributed by atoms with Crippen molar-refractivity contribution in [2.24, 2.45) is 0 Å². The van der Waals surface area contributed by atoms with Crippen molar-refractivity contribution in [1.29, 1.82) is 0 Å². The maximum Gasteiger partial charge on any atom is 0.0320 e. The van der Waals surface area contributed by atoms with Gasteiger partial charge in [-0.15, -0.1) is 0 Å². The van der Waals surface area contributed by atoms with Crippen molar-refractivity contribution in [3.8, 4) is 0 Å². The molecule has 0 bridgehead atoms. The molecular weight excluding hydrogens is 282 g/mol. The SMILES string of the molecule is CCCCCC(NCC1CSCCS1)c1ccccc1. The fourth-order valence-corrected chi connectivity index (χ4v) is 5.22. The van der Waals surface area contributed by atoms with Crippen LogP contribution in [0.1, 0.15) is 44.2 Å². The molecule has 1 aliphatic heterocycles. The highest BCUT2D eigenvalue weighted by atomic mass is 32.2. The maximum absolute atomic E-state index is 3.83. The third kappa shape index (κ3) is 5.71. The van der Waals surface area contributed by atoms with Crippen molar-refractivity contribution in [3.63, 3.8) is 0 Å². The van der Waals surface area contributed by atoms with E-state index in [2.05, 4.69) is 66.1 Å². The van der Waals surface area contributed by atoms with Gasteiger partial charge in [0, 0.05) is 35.1 Å². The highest BCUT2D eigenvalue weighted by Crippen LogP contribution is 2.25. The molecule has 1 aromatic carbocycles. The smallest absolute Gasteiger partial charge is 0.0320 e. The minimum atomic E-state index is 0.537. The molecule has 1 fully saturated rings. The van der Waals surface area contributed by atoms with E-state index in [0.29, 0.717) is 6.04 Å². The van der Waals surface area contributed by atoms with Crippen LogP contribution in [0.25, 0.3) is 0 Å². The summed E-state index contributed by atoms with van der Waals surface area (Å²) in [5.41, 5.74) is 1.46. The van der Waals surface area contributed by atoms with Crippen molar-refractivity contribution in [2.75, 3.05) is 23.8 Å². The van der Waals surface area contributed by atoms with Crippen LogP contribution in [0.5, 0.6) is 0 Å². The lowest BCUT2D eigenvalue weighted by molar-refractivity contribution is 0.477. The fourth-order valence-electron chi connectivity index (χ4n) is 2.60. The molecule has 0 spiro atoms. The Kier molecular flexibility index (Phi) is 7.92. The number of benzene rings is 1. The van der Waals surface area contributed by atoms with Crippen LogP contribution in [-0.4, -0.2) is 29.1 Å². The van der Waals surface area contributed by atoms with E-state index in [1.165, 1.54) is 48.5 Å². The van der Waals surface area contributed by atoms with E-state index in [9.17, 15) is 0 Å². The molecule has 1 aromatic rings. The molecule has 1 saturated heterocycles. The minimum Gasteiger partial charge on any atom is -0.309 e. The predicted molar refractivity (Wildman–Crippen MR) is 94.9 cm³/mol. The van der Waals surface area contributed by atoms with Crippen LogP contribution in [0.15, 0.2) is 30.3 Å². The summed E-state index contributed by atoms with van der Waals surface area (Å²) >= 11 is 4.26. The van der Waals surface area contributed by atoms with Crippen molar-refractivity contribution >= 4 is 23.5 Å². The summed E-state index contributed by atoms with van der Waals surface area (Å²) in [7, 11) is 0. The summed E-state index contributed by atoms with van der Waals surface area (Å²) in [4.78, 5) is 0. The maximum atomic E-state index is 3.83. The fraction of sp³-hybridized carbons (Fsp3) is 0.647. The number of unbranched alkanes of at least 4 members (excludes halogenated alkanes) is 2. The second-order valence-electron chi connectivity index (χ2n) is 5.44. The molecule has 1 N–H and O–H groups in total. The summed E-state index contributed by atoms with van der Waals surface area (Å²) in [6.45, 7) is 3.43. The van der Waals surface area contributed by atoms with Crippen molar-refractivity contribution < 1.29 is 0 Å². The van der Waals surface area contributed by atoms with Crippen molar-refractivity contribution in [2.45, 2.75) is 43.9 Å². The third-order valence-electron chi connectivity index (χ3n) is 3.78. The first-order chi connectivity index (χ1) is 9.90. The summed E-state index contributed by atoms with van der Waals surface area (Å²) in [6.07, 6.45) is 5.24. The van der Waals surface area contributed by atoms with Gasteiger partial charge in [-0.25, -0.2) is 0 Å². The van der Waals surface area contributed by atoms with Crippen LogP contribution in [0, 0.1) is 0 Å². The Morgan fingerprint density at radius 2 is 2.05 bits per heavy atom. The Bertz CT molecular complexity index is 349. The molecule has 2 atom stereocenters. The molecule has 20 heavy (non-hydrogen) atoms. The largest absolute Gasteiger partial charge is 0.309 e. The zero-order chi connectivity index (χ0) is 14.0. The third-order valence-corrected chi connectivity index (χ3v) is 6.62. The van der Waals surface area contributed by atoms with Gasteiger partial charge in [0.15, 0.2) is 0 Å². The second-order valence-corrected chi connectivity index (χ2v) is 7.99. The number of rotatable bonds is 8. The van der Waals surface area contributed by atoms with Crippen LogP contribution < -0.4 is 5.32 Å². The Labute approximate surface area is 132 Å². The van der Waals surface area contributed by atoms with Crippen LogP contribution in [0.3, 0.4) is 0 Å². The summed E-state index contributed by atoms with van der Waals surface area (Å²) in [5.74, 6) is 3.97. The van der Waals surface area contributed by atoms with Gasteiger partial charge >= 0.3 is 0 Å². The molecule has 0 amide bonds. The van der Waals surface area contributed by atoms with E-state index < -0.39 is 0 Å². The van der Waals surface area contributed by atoms with E-state index in [1.807, 2.05) is 0 Å². The highest BCUT2D eigenvalue weighted by Gasteiger charge is 2.17. The average Bonchev–Trinajstić information content (AvgIpc) is 2.52. The Balaban J connectivity index is 1.84. The van der Waals surface area contributed by atoms with E-state index in [1.54, 1.807) is 0 Å². The lowest BCUT2D eigenvalue weighted by Gasteiger charge is -2.25. The van der Waals surface area contributed by atoms with Crippen LogP contribution >= 0.6 is 23.5 Å². The first-order valence-electron chi connectivity index (χ1n) is 7.88. The van der Waals surface area contributed by atoms with Gasteiger partial charge in [-0.2, -0.15) is 23.5 Å². The normalized spacial score (nSPS) is 20.8. The zero-order valence-corrected chi connectivity index (χ0v) is 14.1. The van der Waals surface area contributed by atoms with E-state index >= 15 is 0 Å². The molecule has 0 saturated carbocycles. The number of nitrogens with one attached hydrogen (secondary N) is 1. The summed E-state index contributed by atoms with van der Waals surface area (Å²) < 4.78 is 0. The van der Waals surface area contributed by atoms with Gasteiger partial charge in [-0.1, -0.05) is 56.5 Å². The van der Waals surface area contributed by atoms with Gasteiger partial charge in [-0.05, 0) is 12.0 Å². The Morgan fingerprint density at radius 1 is 1.20 bits per heavy atom. The molecular formula is C17H27NS2. The van der Waals surface area contributed by atoms with Crippen molar-refractivity contribution in [3.05, 3.63) is 35.9 Å². The van der Waals surface area contributed by atoms with Gasteiger partial charge in [0.05, 0.1) is 0 Å². The van der Waals surface area contributed by atoms with Gasteiger partial charge in [0.25, 0.3) is 0 Å². The first kappa shape index (κ1) is 16.3.